The third-order valence-electron chi connectivity index (χ3n) is 5.59. The van der Waals surface area contributed by atoms with E-state index < -0.39 is 24.7 Å². The van der Waals surface area contributed by atoms with Crippen molar-refractivity contribution in [3.05, 3.63) is 41.7 Å². The standard InChI is InChI=1S/C21H22F3N6OP/c1-32(2,31)18-13(10-25)4-3-12-7-8-30(17(12)18)19-16(21(22,23)24)11-27-20(29-19)28-15-6-5-14(26)9-15/h3-4,7-8,11,14-15H,5-6,9,26H2,1-2H3,(H,27,28,29)/t14-,15-/m0/s1. The fourth-order valence-corrected chi connectivity index (χ4v) is 5.63. The summed E-state index contributed by atoms with van der Waals surface area (Å²) in [7, 11) is -3.03. The number of hydrogen-bond donors (Lipinski definition) is 2. The summed E-state index contributed by atoms with van der Waals surface area (Å²) in [6, 6.07) is 6.78. The zero-order valence-electron chi connectivity index (χ0n) is 17.5. The molecule has 0 bridgehead atoms. The van der Waals surface area contributed by atoms with Gasteiger partial charge in [0.1, 0.15) is 12.7 Å². The van der Waals surface area contributed by atoms with Crippen LogP contribution in [-0.2, 0) is 10.7 Å². The van der Waals surface area contributed by atoms with Gasteiger partial charge in [0.2, 0.25) is 5.95 Å². The van der Waals surface area contributed by atoms with Crippen LogP contribution in [-0.4, -0.2) is 39.9 Å². The van der Waals surface area contributed by atoms with Gasteiger partial charge in [-0.25, -0.2) is 4.98 Å². The first kappa shape index (κ1) is 22.3. The molecule has 1 aliphatic carbocycles. The van der Waals surface area contributed by atoms with Gasteiger partial charge in [0.25, 0.3) is 0 Å². The normalized spacial score (nSPS) is 19.3. The highest BCUT2D eigenvalue weighted by atomic mass is 31.2. The van der Waals surface area contributed by atoms with Crippen LogP contribution in [0.1, 0.15) is 30.4 Å². The lowest BCUT2D eigenvalue weighted by atomic mass is 10.2. The molecule has 0 aliphatic heterocycles. The SMILES string of the molecule is CP(C)(=O)c1c(C#N)ccc2ccn(-c3nc(N[C@H]4CC[C@H](N)C4)ncc3C(F)(F)F)c12. The molecule has 32 heavy (non-hydrogen) atoms. The highest BCUT2D eigenvalue weighted by molar-refractivity contribution is 7.70. The Kier molecular flexibility index (Phi) is 5.51. The fourth-order valence-electron chi connectivity index (χ4n) is 4.18. The number of benzene rings is 1. The van der Waals surface area contributed by atoms with E-state index in [1.54, 1.807) is 12.1 Å². The summed E-state index contributed by atoms with van der Waals surface area (Å²) in [4.78, 5) is 8.09. The number of nitriles is 1. The maximum Gasteiger partial charge on any atom is 0.421 e. The number of halogens is 3. The molecule has 7 nitrogen and oxygen atoms in total. The van der Waals surface area contributed by atoms with Crippen LogP contribution >= 0.6 is 7.14 Å². The second-order valence-corrected chi connectivity index (χ2v) is 11.5. The molecule has 1 aliphatic rings. The molecule has 1 saturated carbocycles. The van der Waals surface area contributed by atoms with Crippen LogP contribution in [0.15, 0.2) is 30.6 Å². The van der Waals surface area contributed by atoms with Crippen LogP contribution in [0.4, 0.5) is 19.1 Å². The molecule has 0 spiro atoms. The molecule has 2 atom stereocenters. The van der Waals surface area contributed by atoms with E-state index in [1.165, 1.54) is 30.2 Å². The van der Waals surface area contributed by atoms with Crippen molar-refractivity contribution < 1.29 is 17.7 Å². The molecule has 2 aromatic heterocycles. The maximum absolute atomic E-state index is 13.9. The number of fused-ring (bicyclic) bond motifs is 1. The monoisotopic (exact) mass is 462 g/mol. The molecular weight excluding hydrogens is 440 g/mol. The number of nitrogens with one attached hydrogen (secondary N) is 1. The van der Waals surface area contributed by atoms with Crippen LogP contribution in [0.2, 0.25) is 0 Å². The van der Waals surface area contributed by atoms with Crippen molar-refractivity contribution in [1.29, 1.82) is 5.26 Å². The molecule has 2 heterocycles. The molecule has 0 amide bonds. The summed E-state index contributed by atoms with van der Waals surface area (Å²) < 4.78 is 55.9. The Bertz CT molecular complexity index is 1270. The average molecular weight is 462 g/mol. The zero-order valence-corrected chi connectivity index (χ0v) is 18.4. The van der Waals surface area contributed by atoms with Gasteiger partial charge in [-0.15, -0.1) is 0 Å². The minimum Gasteiger partial charge on any atom is -0.351 e. The van der Waals surface area contributed by atoms with Crippen LogP contribution in [0.3, 0.4) is 0 Å². The molecule has 3 N–H and O–H groups in total. The van der Waals surface area contributed by atoms with E-state index in [0.29, 0.717) is 11.8 Å². The van der Waals surface area contributed by atoms with Crippen molar-refractivity contribution in [1.82, 2.24) is 14.5 Å². The van der Waals surface area contributed by atoms with E-state index in [9.17, 15) is 23.0 Å². The van der Waals surface area contributed by atoms with E-state index >= 15 is 0 Å². The number of anilines is 1. The predicted octanol–water partition coefficient (Wildman–Crippen LogP) is 3.85. The number of aromatic nitrogens is 3. The molecule has 1 fully saturated rings. The molecule has 0 unspecified atom stereocenters. The largest absolute Gasteiger partial charge is 0.421 e. The predicted molar refractivity (Wildman–Crippen MR) is 117 cm³/mol. The quantitative estimate of drug-likeness (QED) is 0.570. The lowest BCUT2D eigenvalue weighted by molar-refractivity contribution is -0.137. The van der Waals surface area contributed by atoms with Crippen molar-refractivity contribution in [2.75, 3.05) is 18.6 Å². The van der Waals surface area contributed by atoms with E-state index in [-0.39, 0.29) is 34.4 Å². The highest BCUT2D eigenvalue weighted by Crippen LogP contribution is 2.41. The zero-order chi connectivity index (χ0) is 23.3. The van der Waals surface area contributed by atoms with Gasteiger partial charge in [0.15, 0.2) is 5.82 Å². The van der Waals surface area contributed by atoms with Gasteiger partial charge < -0.3 is 15.6 Å². The molecule has 0 saturated heterocycles. The van der Waals surface area contributed by atoms with Crippen molar-refractivity contribution in [2.24, 2.45) is 5.73 Å². The molecule has 4 rings (SSSR count). The lowest BCUT2D eigenvalue weighted by Crippen LogP contribution is -2.23. The Morgan fingerprint density at radius 3 is 2.62 bits per heavy atom. The van der Waals surface area contributed by atoms with Crippen LogP contribution in [0, 0.1) is 11.3 Å². The summed E-state index contributed by atoms with van der Waals surface area (Å²) >= 11 is 0. The topological polar surface area (TPSA) is 110 Å². The second-order valence-electron chi connectivity index (χ2n) is 8.39. The van der Waals surface area contributed by atoms with E-state index in [1.807, 2.05) is 6.07 Å². The molecular formula is C21H22F3N6OP. The minimum atomic E-state index is -4.71. The smallest absolute Gasteiger partial charge is 0.351 e. The van der Waals surface area contributed by atoms with E-state index in [0.717, 1.165) is 19.0 Å². The number of hydrogen-bond acceptors (Lipinski definition) is 6. The Labute approximate surface area is 182 Å². The summed E-state index contributed by atoms with van der Waals surface area (Å²) in [6.45, 7) is 2.97. The molecule has 168 valence electrons. The molecule has 1 aromatic carbocycles. The molecule has 3 aromatic rings. The van der Waals surface area contributed by atoms with Crippen LogP contribution in [0.5, 0.6) is 0 Å². The van der Waals surface area contributed by atoms with Gasteiger partial charge in [0, 0.05) is 29.9 Å². The van der Waals surface area contributed by atoms with Gasteiger partial charge in [-0.3, -0.25) is 4.57 Å². The number of alkyl halides is 3. The number of nitrogens with zero attached hydrogens (tertiary/aromatic N) is 4. The fraction of sp³-hybridized carbons (Fsp3) is 0.381. The van der Waals surface area contributed by atoms with Crippen molar-refractivity contribution in [3.8, 4) is 11.9 Å². The van der Waals surface area contributed by atoms with Gasteiger partial charge >= 0.3 is 6.18 Å². The number of rotatable bonds is 4. The average Bonchev–Trinajstić information content (AvgIpc) is 3.31. The maximum atomic E-state index is 13.9. The molecule has 11 heteroatoms. The first-order valence-corrected chi connectivity index (χ1v) is 12.7. The summed E-state index contributed by atoms with van der Waals surface area (Å²) in [5, 5.41) is 13.4. The van der Waals surface area contributed by atoms with Gasteiger partial charge in [-0.05, 0) is 44.7 Å². The van der Waals surface area contributed by atoms with Crippen molar-refractivity contribution in [3.63, 3.8) is 0 Å². The second kappa shape index (κ2) is 7.91. The van der Waals surface area contributed by atoms with Crippen LogP contribution < -0.4 is 16.4 Å². The third-order valence-corrected chi connectivity index (χ3v) is 7.12. The van der Waals surface area contributed by atoms with Crippen molar-refractivity contribution in [2.45, 2.75) is 37.5 Å². The summed E-state index contributed by atoms with van der Waals surface area (Å²) in [5.74, 6) is -0.333. The van der Waals surface area contributed by atoms with Crippen molar-refractivity contribution >= 4 is 29.3 Å². The van der Waals surface area contributed by atoms with E-state index in [4.69, 9.17) is 5.73 Å². The minimum absolute atomic E-state index is 0.0248. The molecule has 0 radical (unpaired) electrons. The van der Waals surface area contributed by atoms with Gasteiger partial charge in [-0.1, -0.05) is 6.07 Å². The summed E-state index contributed by atoms with van der Waals surface area (Å²) in [5.41, 5.74) is 5.33. The Balaban J connectivity index is 1.95. The van der Waals surface area contributed by atoms with Crippen LogP contribution in [0.25, 0.3) is 16.7 Å². The lowest BCUT2D eigenvalue weighted by Gasteiger charge is -2.19. The van der Waals surface area contributed by atoms with E-state index in [2.05, 4.69) is 15.3 Å². The Morgan fingerprint density at radius 2 is 2.03 bits per heavy atom. The highest BCUT2D eigenvalue weighted by Gasteiger charge is 2.37. The van der Waals surface area contributed by atoms with Gasteiger partial charge in [-0.2, -0.15) is 23.4 Å². The number of nitrogens with two attached hydrogens (primary N) is 1. The summed E-state index contributed by atoms with van der Waals surface area (Å²) in [6.07, 6.45) is -0.256. The first-order chi connectivity index (χ1) is 15.0. The third kappa shape index (κ3) is 4.10. The Morgan fingerprint density at radius 1 is 1.28 bits per heavy atom. The van der Waals surface area contributed by atoms with Gasteiger partial charge in [0.05, 0.1) is 22.5 Å². The Hall–Kier alpha value is -2.89. The first-order valence-electron chi connectivity index (χ1n) is 10.1.